The van der Waals surface area contributed by atoms with E-state index in [1.165, 1.54) is 7.11 Å². The van der Waals surface area contributed by atoms with E-state index in [-0.39, 0.29) is 12.0 Å². The number of benzene rings is 1. The summed E-state index contributed by atoms with van der Waals surface area (Å²) in [5.41, 5.74) is 0. The number of hydrogen-bond acceptors (Lipinski definition) is 5. The van der Waals surface area contributed by atoms with Gasteiger partial charge in [-0.2, -0.15) is 11.8 Å². The Balaban J connectivity index is 1.51. The number of sulfonamides is 1. The summed E-state index contributed by atoms with van der Waals surface area (Å²) in [6.45, 7) is 0. The lowest BCUT2D eigenvalue weighted by molar-refractivity contribution is -0.140. The summed E-state index contributed by atoms with van der Waals surface area (Å²) in [5.74, 6) is 0.155. The molecule has 1 aromatic carbocycles. The van der Waals surface area contributed by atoms with Crippen LogP contribution in [-0.4, -0.2) is 38.0 Å². The van der Waals surface area contributed by atoms with Crippen molar-refractivity contribution in [3.63, 3.8) is 0 Å². The summed E-state index contributed by atoms with van der Waals surface area (Å²) < 4.78 is 32.7. The first-order valence-electron chi connectivity index (χ1n) is 8.96. The lowest BCUT2D eigenvalue weighted by Crippen LogP contribution is -2.39. The average molecular weight is 396 g/mol. The number of carbonyl (C=O) groups is 1. The predicted molar refractivity (Wildman–Crippen MR) is 103 cm³/mol. The van der Waals surface area contributed by atoms with E-state index in [4.69, 9.17) is 0 Å². The number of nitrogens with one attached hydrogen (secondary N) is 1. The van der Waals surface area contributed by atoms with Crippen LogP contribution < -0.4 is 4.72 Å². The number of ether oxygens (including phenoxy) is 1. The molecule has 0 radical (unpaired) electrons. The van der Waals surface area contributed by atoms with E-state index in [9.17, 15) is 13.2 Å². The Kier molecular flexibility index (Phi) is 6.42. The molecule has 1 saturated heterocycles. The zero-order valence-corrected chi connectivity index (χ0v) is 16.5. The van der Waals surface area contributed by atoms with E-state index in [2.05, 4.69) is 21.6 Å². The molecular weight excluding hydrogens is 370 g/mol. The van der Waals surface area contributed by atoms with E-state index in [0.717, 1.165) is 25.7 Å². The Labute approximate surface area is 159 Å². The quantitative estimate of drug-likeness (QED) is 0.301. The van der Waals surface area contributed by atoms with Crippen molar-refractivity contribution in [3.05, 3.63) is 42.5 Å². The molecule has 0 unspecified atom stereocenters. The molecule has 3 rings (SSSR count). The van der Waals surface area contributed by atoms with Gasteiger partial charge < -0.3 is 4.74 Å². The highest BCUT2D eigenvalue weighted by Crippen LogP contribution is 2.57. The van der Waals surface area contributed by atoms with Crippen molar-refractivity contribution in [1.29, 1.82) is 0 Å². The van der Waals surface area contributed by atoms with Gasteiger partial charge in [0.2, 0.25) is 10.0 Å². The van der Waals surface area contributed by atoms with Gasteiger partial charge in [-0.25, -0.2) is 13.1 Å². The second kappa shape index (κ2) is 8.59. The lowest BCUT2D eigenvalue weighted by atomic mass is 9.99. The number of thioether (sulfide) groups is 1. The molecule has 2 fully saturated rings. The molecule has 7 heteroatoms. The lowest BCUT2D eigenvalue weighted by Gasteiger charge is -2.22. The third-order valence-corrected chi connectivity index (χ3v) is 7.98. The van der Waals surface area contributed by atoms with E-state index >= 15 is 0 Å². The van der Waals surface area contributed by atoms with Crippen molar-refractivity contribution in [2.24, 2.45) is 5.92 Å². The second-order valence-corrected chi connectivity index (χ2v) is 9.89. The van der Waals surface area contributed by atoms with Gasteiger partial charge in [0.1, 0.15) is 0 Å². The second-order valence-electron chi connectivity index (χ2n) is 6.76. The maximum atomic E-state index is 12.6. The molecule has 2 aliphatic rings. The molecule has 0 aromatic heterocycles. The first-order chi connectivity index (χ1) is 12.5. The molecule has 26 heavy (non-hydrogen) atoms. The Morgan fingerprint density at radius 3 is 2.81 bits per heavy atom. The van der Waals surface area contributed by atoms with Gasteiger partial charge in [-0.15, -0.1) is 0 Å². The van der Waals surface area contributed by atoms with Crippen molar-refractivity contribution >= 4 is 27.8 Å². The van der Waals surface area contributed by atoms with Gasteiger partial charge in [-0.3, -0.25) is 4.79 Å². The van der Waals surface area contributed by atoms with E-state index in [1.807, 2.05) is 17.8 Å². The van der Waals surface area contributed by atoms with Crippen LogP contribution in [0.15, 0.2) is 47.4 Å². The Morgan fingerprint density at radius 1 is 1.31 bits per heavy atom. The van der Waals surface area contributed by atoms with Crippen LogP contribution in [0, 0.1) is 5.92 Å². The topological polar surface area (TPSA) is 72.5 Å². The number of esters is 1. The highest BCUT2D eigenvalue weighted by molar-refractivity contribution is 8.07. The molecule has 0 bridgehead atoms. The van der Waals surface area contributed by atoms with Gasteiger partial charge in [-0.1, -0.05) is 30.4 Å². The fourth-order valence-electron chi connectivity index (χ4n) is 3.52. The molecule has 1 aromatic rings. The monoisotopic (exact) mass is 395 g/mol. The Hall–Kier alpha value is -1.31. The van der Waals surface area contributed by atoms with Crippen molar-refractivity contribution in [2.45, 2.75) is 53.5 Å². The molecule has 0 amide bonds. The van der Waals surface area contributed by atoms with Gasteiger partial charge in [0.15, 0.2) is 0 Å². The normalized spacial score (nSPS) is 27.4. The largest absolute Gasteiger partial charge is 0.469 e. The number of carbonyl (C=O) groups excluding carboxylic acids is 1. The number of methoxy groups -OCH3 is 1. The summed E-state index contributed by atoms with van der Waals surface area (Å²) in [6, 6.07) is 8.55. The van der Waals surface area contributed by atoms with Crippen molar-refractivity contribution in [2.75, 3.05) is 7.11 Å². The van der Waals surface area contributed by atoms with Gasteiger partial charge in [0.25, 0.3) is 0 Å². The van der Waals surface area contributed by atoms with Crippen molar-refractivity contribution in [3.8, 4) is 0 Å². The number of hydrogen-bond donors (Lipinski definition) is 1. The summed E-state index contributed by atoms with van der Waals surface area (Å²) in [6.07, 6.45) is 8.04. The first-order valence-corrected chi connectivity index (χ1v) is 11.4. The van der Waals surface area contributed by atoms with Crippen LogP contribution in [0.25, 0.3) is 0 Å². The summed E-state index contributed by atoms with van der Waals surface area (Å²) in [5, 5.41) is 1.16. The number of unbranched alkanes of at least 4 members (excludes halogenated alkanes) is 1. The Bertz CT molecular complexity index is 748. The minimum absolute atomic E-state index is 0.00354. The summed E-state index contributed by atoms with van der Waals surface area (Å²) >= 11 is 1.96. The highest BCUT2D eigenvalue weighted by atomic mass is 32.2. The van der Waals surface area contributed by atoms with Crippen LogP contribution in [0.1, 0.15) is 32.1 Å². The molecular formula is C19H25NO4S2. The SMILES string of the molecule is COC(=O)CCC/C=C\C[C@H]1[C@@H]2S[C@@H]2C[C@@H]1NS(=O)(=O)c1ccccc1. The number of fused-ring (bicyclic) bond motifs is 1. The zero-order chi connectivity index (χ0) is 18.6. The van der Waals surface area contributed by atoms with E-state index in [0.29, 0.717) is 27.7 Å². The summed E-state index contributed by atoms with van der Waals surface area (Å²) in [4.78, 5) is 11.4. The van der Waals surface area contributed by atoms with Crippen LogP contribution in [-0.2, 0) is 19.6 Å². The third kappa shape index (κ3) is 4.90. The number of allylic oxidation sites excluding steroid dienone is 2. The fourth-order valence-corrected chi connectivity index (χ4v) is 6.28. The molecule has 4 atom stereocenters. The maximum absolute atomic E-state index is 12.6. The van der Waals surface area contributed by atoms with Crippen LogP contribution in [0.4, 0.5) is 0 Å². The van der Waals surface area contributed by atoms with Crippen molar-refractivity contribution in [1.82, 2.24) is 4.72 Å². The predicted octanol–water partition coefficient (Wildman–Crippen LogP) is 3.13. The molecule has 1 heterocycles. The van der Waals surface area contributed by atoms with Gasteiger partial charge in [0, 0.05) is 23.0 Å². The maximum Gasteiger partial charge on any atom is 0.305 e. The molecule has 5 nitrogen and oxygen atoms in total. The number of rotatable bonds is 9. The third-order valence-electron chi connectivity index (χ3n) is 4.96. The molecule has 142 valence electrons. The molecule has 1 saturated carbocycles. The van der Waals surface area contributed by atoms with Crippen LogP contribution in [0.5, 0.6) is 0 Å². The molecule has 1 N–H and O–H groups in total. The van der Waals surface area contributed by atoms with Gasteiger partial charge in [0.05, 0.1) is 12.0 Å². The van der Waals surface area contributed by atoms with Crippen molar-refractivity contribution < 1.29 is 17.9 Å². The smallest absolute Gasteiger partial charge is 0.305 e. The fraction of sp³-hybridized carbons (Fsp3) is 0.526. The van der Waals surface area contributed by atoms with Crippen LogP contribution in [0.3, 0.4) is 0 Å². The van der Waals surface area contributed by atoms with Gasteiger partial charge in [-0.05, 0) is 43.7 Å². The minimum atomic E-state index is -3.47. The standard InChI is InChI=1S/C19H25NO4S2/c1-24-18(21)12-8-3-2-7-11-15-16(13-17-19(15)25-17)20-26(22,23)14-9-5-4-6-10-14/h2,4-7,9-10,15-17,19-20H,3,8,11-13H2,1H3/b7-2-/t15-,16+,17-,19+/m1/s1. The van der Waals surface area contributed by atoms with Crippen LogP contribution in [0.2, 0.25) is 0 Å². The molecule has 0 spiro atoms. The molecule has 1 aliphatic heterocycles. The zero-order valence-electron chi connectivity index (χ0n) is 14.8. The Morgan fingerprint density at radius 2 is 2.08 bits per heavy atom. The van der Waals surface area contributed by atoms with E-state index < -0.39 is 10.0 Å². The molecule has 1 aliphatic carbocycles. The summed E-state index contributed by atoms with van der Waals surface area (Å²) in [7, 11) is -2.06. The van der Waals surface area contributed by atoms with Gasteiger partial charge >= 0.3 is 5.97 Å². The first kappa shape index (κ1) is 19.5. The minimum Gasteiger partial charge on any atom is -0.469 e. The van der Waals surface area contributed by atoms with E-state index in [1.54, 1.807) is 24.3 Å². The average Bonchev–Trinajstić information content (AvgIpc) is 3.32. The highest BCUT2D eigenvalue weighted by Gasteiger charge is 2.54. The van der Waals surface area contributed by atoms with Crippen LogP contribution >= 0.6 is 11.8 Å².